The molecule has 3 atom stereocenters. The van der Waals surface area contributed by atoms with Gasteiger partial charge in [0.2, 0.25) is 0 Å². The summed E-state index contributed by atoms with van der Waals surface area (Å²) in [7, 11) is 0. The summed E-state index contributed by atoms with van der Waals surface area (Å²) in [6.07, 6.45) is -0.416. The first-order valence-corrected chi connectivity index (χ1v) is 7.09. The van der Waals surface area contributed by atoms with Crippen molar-refractivity contribution in [1.82, 2.24) is 0 Å². The molecule has 0 saturated carbocycles. The summed E-state index contributed by atoms with van der Waals surface area (Å²) in [6, 6.07) is 2.76. The minimum absolute atomic E-state index is 0.0672. The fourth-order valence-electron chi connectivity index (χ4n) is 3.61. The molecule has 1 fully saturated rings. The molecule has 2 aliphatic rings. The van der Waals surface area contributed by atoms with Crippen LogP contribution < -0.4 is 0 Å². The molecular weight excluding hydrogens is 288 g/mol. The number of carboxylic acid groups (broad SMARTS) is 1. The van der Waals surface area contributed by atoms with E-state index in [1.165, 1.54) is 12.1 Å². The van der Waals surface area contributed by atoms with Crippen molar-refractivity contribution in [2.24, 2.45) is 11.3 Å². The summed E-state index contributed by atoms with van der Waals surface area (Å²) in [5, 5.41) is 19.4. The van der Waals surface area contributed by atoms with Crippen LogP contribution in [0.25, 0.3) is 0 Å². The smallest absolute Gasteiger partial charge is 0.341 e. The van der Waals surface area contributed by atoms with E-state index in [0.29, 0.717) is 11.1 Å². The summed E-state index contributed by atoms with van der Waals surface area (Å²) in [5.74, 6) is -4.50. The SMILES string of the molecule is Cc1cc(O)cc2c1[C@@]1(OC2=O)O[C@H](C)C(C)(C)[C@H]1C(=O)O. The summed E-state index contributed by atoms with van der Waals surface area (Å²) in [5.41, 5.74) is 0.406. The molecule has 0 bridgehead atoms. The predicted octanol–water partition coefficient (Wildman–Crippen LogP) is 2.17. The maximum Gasteiger partial charge on any atom is 0.341 e. The first kappa shape index (κ1) is 14.8. The van der Waals surface area contributed by atoms with E-state index in [1.54, 1.807) is 27.7 Å². The Morgan fingerprint density at radius 2 is 1.95 bits per heavy atom. The molecule has 2 N–H and O–H groups in total. The van der Waals surface area contributed by atoms with Gasteiger partial charge < -0.3 is 19.7 Å². The average Bonchev–Trinajstić information content (AvgIpc) is 2.71. The normalized spacial score (nSPS) is 32.1. The Balaban J connectivity index is 2.30. The zero-order chi connectivity index (χ0) is 16.4. The number of phenolic OH excluding ortho intramolecular Hbond substituents is 1. The molecule has 0 unspecified atom stereocenters. The number of fused-ring (bicyclic) bond motifs is 2. The van der Waals surface area contributed by atoms with E-state index in [1.807, 2.05) is 0 Å². The molecule has 6 nitrogen and oxygen atoms in total. The second kappa shape index (κ2) is 4.23. The highest BCUT2D eigenvalue weighted by Gasteiger charge is 2.68. The molecule has 1 aromatic rings. The van der Waals surface area contributed by atoms with Crippen LogP contribution in [0.15, 0.2) is 12.1 Å². The van der Waals surface area contributed by atoms with Crippen molar-refractivity contribution < 1.29 is 29.3 Å². The number of esters is 1. The lowest BCUT2D eigenvalue weighted by molar-refractivity contribution is -0.215. The highest BCUT2D eigenvalue weighted by atomic mass is 16.7. The van der Waals surface area contributed by atoms with Gasteiger partial charge in [0.25, 0.3) is 5.79 Å². The predicted molar refractivity (Wildman–Crippen MR) is 75.4 cm³/mol. The number of carboxylic acids is 1. The highest BCUT2D eigenvalue weighted by Crippen LogP contribution is 2.58. The van der Waals surface area contributed by atoms with Gasteiger partial charge in [-0.1, -0.05) is 13.8 Å². The van der Waals surface area contributed by atoms with E-state index < -0.39 is 35.2 Å². The summed E-state index contributed by atoms with van der Waals surface area (Å²) in [6.45, 7) is 7.03. The minimum Gasteiger partial charge on any atom is -0.508 e. The number of benzene rings is 1. The van der Waals surface area contributed by atoms with Crippen molar-refractivity contribution in [2.45, 2.75) is 39.6 Å². The third-order valence-electron chi connectivity index (χ3n) is 4.90. The average molecular weight is 306 g/mol. The van der Waals surface area contributed by atoms with Crippen molar-refractivity contribution in [3.63, 3.8) is 0 Å². The van der Waals surface area contributed by atoms with Gasteiger partial charge in [-0.05, 0) is 31.5 Å². The number of aromatic hydroxyl groups is 1. The van der Waals surface area contributed by atoms with E-state index >= 15 is 0 Å². The molecule has 6 heteroatoms. The number of carbonyl (C=O) groups excluding carboxylic acids is 1. The van der Waals surface area contributed by atoms with E-state index in [2.05, 4.69) is 0 Å². The Bertz CT molecular complexity index is 692. The van der Waals surface area contributed by atoms with Crippen LogP contribution in [-0.4, -0.2) is 28.3 Å². The molecule has 118 valence electrons. The highest BCUT2D eigenvalue weighted by molar-refractivity contribution is 5.96. The number of hydrogen-bond acceptors (Lipinski definition) is 5. The maximum atomic E-state index is 12.2. The van der Waals surface area contributed by atoms with Gasteiger partial charge in [0.1, 0.15) is 11.7 Å². The van der Waals surface area contributed by atoms with Crippen molar-refractivity contribution in [2.75, 3.05) is 0 Å². The third-order valence-corrected chi connectivity index (χ3v) is 4.90. The van der Waals surface area contributed by atoms with Crippen molar-refractivity contribution >= 4 is 11.9 Å². The van der Waals surface area contributed by atoms with Gasteiger partial charge in [0.05, 0.1) is 11.7 Å². The molecular formula is C16H18O6. The zero-order valence-electron chi connectivity index (χ0n) is 12.8. The van der Waals surface area contributed by atoms with Crippen LogP contribution >= 0.6 is 0 Å². The molecule has 2 aliphatic heterocycles. The monoisotopic (exact) mass is 306 g/mol. The zero-order valence-corrected chi connectivity index (χ0v) is 12.8. The van der Waals surface area contributed by atoms with Crippen molar-refractivity contribution in [3.05, 3.63) is 28.8 Å². The lowest BCUT2D eigenvalue weighted by Gasteiger charge is -2.31. The van der Waals surface area contributed by atoms with Gasteiger partial charge in [-0.2, -0.15) is 0 Å². The van der Waals surface area contributed by atoms with Crippen LogP contribution in [0.4, 0.5) is 0 Å². The quantitative estimate of drug-likeness (QED) is 0.772. The van der Waals surface area contributed by atoms with Gasteiger partial charge >= 0.3 is 11.9 Å². The Hall–Kier alpha value is -2.08. The molecule has 0 amide bonds. The third kappa shape index (κ3) is 1.64. The van der Waals surface area contributed by atoms with Gasteiger partial charge in [0.15, 0.2) is 0 Å². The lowest BCUT2D eigenvalue weighted by Crippen LogP contribution is -2.43. The summed E-state index contributed by atoms with van der Waals surface area (Å²) >= 11 is 0. The number of ether oxygens (including phenoxy) is 2. The van der Waals surface area contributed by atoms with Crippen LogP contribution in [0.1, 0.15) is 42.3 Å². The minimum atomic E-state index is -1.64. The molecule has 0 aromatic heterocycles. The van der Waals surface area contributed by atoms with Gasteiger partial charge in [-0.25, -0.2) is 4.79 Å². The van der Waals surface area contributed by atoms with Gasteiger partial charge in [-0.3, -0.25) is 4.79 Å². The molecule has 22 heavy (non-hydrogen) atoms. The van der Waals surface area contributed by atoms with Gasteiger partial charge in [0, 0.05) is 11.0 Å². The fourth-order valence-corrected chi connectivity index (χ4v) is 3.61. The summed E-state index contributed by atoms with van der Waals surface area (Å²) in [4.78, 5) is 24.1. The lowest BCUT2D eigenvalue weighted by atomic mass is 9.71. The standard InChI is InChI=1S/C16H18O6/c1-7-5-9(17)6-10-11(7)16(22-14(10)20)12(13(18)19)15(3,4)8(2)21-16/h5-6,8,12,17H,1-4H3,(H,18,19)/t8-,12-,16+/m1/s1. The van der Waals surface area contributed by atoms with Crippen LogP contribution in [0.2, 0.25) is 0 Å². The largest absolute Gasteiger partial charge is 0.508 e. The molecule has 0 aliphatic carbocycles. The first-order valence-electron chi connectivity index (χ1n) is 7.09. The first-order chi connectivity index (χ1) is 10.1. The van der Waals surface area contributed by atoms with Crippen LogP contribution in [0.5, 0.6) is 5.75 Å². The Morgan fingerprint density at radius 1 is 1.32 bits per heavy atom. The van der Waals surface area contributed by atoms with E-state index in [4.69, 9.17) is 9.47 Å². The number of hydrogen-bond donors (Lipinski definition) is 2. The Labute approximate surface area is 127 Å². The van der Waals surface area contributed by atoms with E-state index in [0.717, 1.165) is 0 Å². The number of aliphatic carboxylic acids is 1. The number of phenols is 1. The van der Waals surface area contributed by atoms with Crippen molar-refractivity contribution in [1.29, 1.82) is 0 Å². The second-order valence-electron chi connectivity index (χ2n) is 6.59. The number of aryl methyl sites for hydroxylation is 1. The molecule has 1 saturated heterocycles. The molecule has 1 aromatic carbocycles. The van der Waals surface area contributed by atoms with E-state index in [-0.39, 0.29) is 11.3 Å². The molecule has 3 rings (SSSR count). The number of rotatable bonds is 1. The number of carbonyl (C=O) groups is 2. The Morgan fingerprint density at radius 3 is 2.55 bits per heavy atom. The Kier molecular flexibility index (Phi) is 2.85. The van der Waals surface area contributed by atoms with Gasteiger partial charge in [-0.15, -0.1) is 0 Å². The summed E-state index contributed by atoms with van der Waals surface area (Å²) < 4.78 is 11.4. The fraction of sp³-hybridized carbons (Fsp3) is 0.500. The van der Waals surface area contributed by atoms with Crippen LogP contribution in [-0.2, 0) is 20.1 Å². The van der Waals surface area contributed by atoms with Crippen LogP contribution in [0.3, 0.4) is 0 Å². The van der Waals surface area contributed by atoms with Crippen molar-refractivity contribution in [3.8, 4) is 5.75 Å². The molecule has 0 radical (unpaired) electrons. The van der Waals surface area contributed by atoms with E-state index in [9.17, 15) is 19.8 Å². The van der Waals surface area contributed by atoms with Crippen LogP contribution in [0, 0.1) is 18.3 Å². The maximum absolute atomic E-state index is 12.2. The molecule has 1 spiro atoms. The topological polar surface area (TPSA) is 93.1 Å². The molecule has 2 heterocycles. The second-order valence-corrected chi connectivity index (χ2v) is 6.59.